The Labute approximate surface area is 106 Å². The molecule has 1 aliphatic heterocycles. The number of piperidine rings is 1. The predicted octanol–water partition coefficient (Wildman–Crippen LogP) is 1.32. The van der Waals surface area contributed by atoms with Crippen LogP contribution < -0.4 is 11.1 Å². The molecule has 0 spiro atoms. The lowest BCUT2D eigenvalue weighted by Crippen LogP contribution is -2.34. The molecule has 18 heavy (non-hydrogen) atoms. The molecule has 2 unspecified atom stereocenters. The Morgan fingerprint density at radius 1 is 1.33 bits per heavy atom. The number of nitrogens with two attached hydrogens (primary N) is 1. The normalized spacial score (nSPS) is 24.3. The number of rotatable bonds is 1. The molecule has 1 aliphatic rings. The third kappa shape index (κ3) is 1.90. The van der Waals surface area contributed by atoms with E-state index >= 15 is 0 Å². The second-order valence-corrected chi connectivity index (χ2v) is 4.94. The molecular weight excluding hydrogens is 226 g/mol. The van der Waals surface area contributed by atoms with E-state index in [9.17, 15) is 0 Å². The summed E-state index contributed by atoms with van der Waals surface area (Å²) in [6.45, 7) is 4.36. The Bertz CT molecular complexity index is 568. The fourth-order valence-corrected chi connectivity index (χ4v) is 2.63. The van der Waals surface area contributed by atoms with Gasteiger partial charge >= 0.3 is 0 Å². The Hall–Kier alpha value is -1.75. The van der Waals surface area contributed by atoms with E-state index in [-0.39, 0.29) is 0 Å². The summed E-state index contributed by atoms with van der Waals surface area (Å²) in [6, 6.07) is 4.06. The maximum absolute atomic E-state index is 5.86. The Morgan fingerprint density at radius 3 is 3.06 bits per heavy atom. The topological polar surface area (TPSA) is 76.7 Å². The summed E-state index contributed by atoms with van der Waals surface area (Å²) in [7, 11) is 0. The van der Waals surface area contributed by atoms with Crippen molar-refractivity contribution < 1.29 is 0 Å². The minimum atomic E-state index is 0.462. The number of hydrogen-bond donors (Lipinski definition) is 2. The van der Waals surface area contributed by atoms with Gasteiger partial charge in [0.1, 0.15) is 11.8 Å². The number of nitrogen functional groups attached to an aromatic ring is 1. The van der Waals surface area contributed by atoms with E-state index in [1.54, 1.807) is 0 Å². The van der Waals surface area contributed by atoms with Gasteiger partial charge in [-0.3, -0.25) is 0 Å². The van der Waals surface area contributed by atoms with Crippen molar-refractivity contribution in [3.8, 4) is 0 Å². The number of nitrogens with zero attached hydrogens (tertiary/aromatic N) is 3. The van der Waals surface area contributed by atoms with Crippen LogP contribution in [-0.2, 0) is 0 Å². The maximum atomic E-state index is 5.86. The van der Waals surface area contributed by atoms with Gasteiger partial charge < -0.3 is 11.1 Å². The van der Waals surface area contributed by atoms with Gasteiger partial charge in [0.2, 0.25) is 0 Å². The standard InChI is InChI=1S/C13H17N5/c1-8-6-15-5-4-9(8)10-2-3-11-12(18-10)13(14)17-7-16-11/h2-3,7-9,15H,4-6H2,1H3,(H2,14,16,17). The second kappa shape index (κ2) is 4.49. The Balaban J connectivity index is 2.04. The van der Waals surface area contributed by atoms with Crippen molar-refractivity contribution in [1.29, 1.82) is 0 Å². The van der Waals surface area contributed by atoms with Gasteiger partial charge in [0.15, 0.2) is 5.82 Å². The zero-order chi connectivity index (χ0) is 12.5. The highest BCUT2D eigenvalue weighted by Crippen LogP contribution is 2.30. The molecule has 0 aliphatic carbocycles. The van der Waals surface area contributed by atoms with E-state index in [0.29, 0.717) is 17.7 Å². The van der Waals surface area contributed by atoms with Gasteiger partial charge in [-0.05, 0) is 37.6 Å². The zero-order valence-electron chi connectivity index (χ0n) is 10.4. The first-order valence-electron chi connectivity index (χ1n) is 6.33. The molecule has 2 atom stereocenters. The molecule has 3 N–H and O–H groups in total. The Morgan fingerprint density at radius 2 is 2.22 bits per heavy atom. The number of fused-ring (bicyclic) bond motifs is 1. The van der Waals surface area contributed by atoms with Crippen LogP contribution >= 0.6 is 0 Å². The molecule has 3 rings (SSSR count). The van der Waals surface area contributed by atoms with Crippen molar-refractivity contribution >= 4 is 16.9 Å². The van der Waals surface area contributed by atoms with Crippen molar-refractivity contribution in [2.24, 2.45) is 5.92 Å². The van der Waals surface area contributed by atoms with E-state index in [1.807, 2.05) is 6.07 Å². The summed E-state index contributed by atoms with van der Waals surface area (Å²) in [5.74, 6) is 1.55. The van der Waals surface area contributed by atoms with Crippen LogP contribution in [0.5, 0.6) is 0 Å². The predicted molar refractivity (Wildman–Crippen MR) is 71.1 cm³/mol. The highest BCUT2D eigenvalue weighted by Gasteiger charge is 2.24. The number of nitrogens with one attached hydrogen (secondary N) is 1. The summed E-state index contributed by atoms with van der Waals surface area (Å²) in [5, 5.41) is 3.41. The minimum Gasteiger partial charge on any atom is -0.382 e. The molecule has 5 heteroatoms. The fraction of sp³-hybridized carbons (Fsp3) is 0.462. The summed E-state index contributed by atoms with van der Waals surface area (Å²) >= 11 is 0. The quantitative estimate of drug-likeness (QED) is 0.790. The van der Waals surface area contributed by atoms with Crippen molar-refractivity contribution in [2.45, 2.75) is 19.3 Å². The highest BCUT2D eigenvalue weighted by atomic mass is 14.9. The molecule has 2 aromatic rings. The number of aromatic nitrogens is 3. The molecule has 1 fully saturated rings. The van der Waals surface area contributed by atoms with E-state index in [2.05, 4.69) is 33.3 Å². The molecule has 5 nitrogen and oxygen atoms in total. The van der Waals surface area contributed by atoms with Crippen LogP contribution in [0.1, 0.15) is 25.0 Å². The first-order chi connectivity index (χ1) is 8.75. The van der Waals surface area contributed by atoms with E-state index in [4.69, 9.17) is 5.73 Å². The second-order valence-electron chi connectivity index (χ2n) is 4.94. The van der Waals surface area contributed by atoms with Gasteiger partial charge in [-0.1, -0.05) is 6.92 Å². The third-order valence-corrected chi connectivity index (χ3v) is 3.70. The Kier molecular flexibility index (Phi) is 2.83. The zero-order valence-corrected chi connectivity index (χ0v) is 10.4. The van der Waals surface area contributed by atoms with Gasteiger partial charge in [0.05, 0.1) is 5.52 Å². The molecule has 0 bridgehead atoms. The number of pyridine rings is 1. The lowest BCUT2D eigenvalue weighted by atomic mass is 9.85. The molecule has 0 saturated carbocycles. The molecule has 1 saturated heterocycles. The van der Waals surface area contributed by atoms with Gasteiger partial charge in [-0.2, -0.15) is 0 Å². The average Bonchev–Trinajstić information content (AvgIpc) is 2.40. The largest absolute Gasteiger partial charge is 0.382 e. The smallest absolute Gasteiger partial charge is 0.153 e. The first kappa shape index (κ1) is 11.3. The average molecular weight is 243 g/mol. The van der Waals surface area contributed by atoms with Crippen LogP contribution in [0.3, 0.4) is 0 Å². The molecule has 94 valence electrons. The van der Waals surface area contributed by atoms with Gasteiger partial charge in [0, 0.05) is 11.6 Å². The van der Waals surface area contributed by atoms with Gasteiger partial charge in [0.25, 0.3) is 0 Å². The monoisotopic (exact) mass is 243 g/mol. The van der Waals surface area contributed by atoms with Crippen molar-refractivity contribution in [3.05, 3.63) is 24.2 Å². The lowest BCUT2D eigenvalue weighted by Gasteiger charge is -2.29. The van der Waals surface area contributed by atoms with Gasteiger partial charge in [-0.15, -0.1) is 0 Å². The van der Waals surface area contributed by atoms with E-state index in [0.717, 1.165) is 36.2 Å². The summed E-state index contributed by atoms with van der Waals surface area (Å²) < 4.78 is 0. The van der Waals surface area contributed by atoms with Crippen LogP contribution in [0.15, 0.2) is 18.5 Å². The first-order valence-corrected chi connectivity index (χ1v) is 6.33. The van der Waals surface area contributed by atoms with Crippen molar-refractivity contribution in [3.63, 3.8) is 0 Å². The van der Waals surface area contributed by atoms with Crippen molar-refractivity contribution in [2.75, 3.05) is 18.8 Å². The minimum absolute atomic E-state index is 0.462. The molecule has 3 heterocycles. The lowest BCUT2D eigenvalue weighted by molar-refractivity contribution is 0.345. The van der Waals surface area contributed by atoms with Crippen LogP contribution in [0.25, 0.3) is 11.0 Å². The third-order valence-electron chi connectivity index (χ3n) is 3.70. The van der Waals surface area contributed by atoms with Gasteiger partial charge in [-0.25, -0.2) is 15.0 Å². The van der Waals surface area contributed by atoms with E-state index in [1.165, 1.54) is 6.33 Å². The van der Waals surface area contributed by atoms with Crippen molar-refractivity contribution in [1.82, 2.24) is 20.3 Å². The summed E-state index contributed by atoms with van der Waals surface area (Å²) in [5.41, 5.74) is 8.51. The summed E-state index contributed by atoms with van der Waals surface area (Å²) in [6.07, 6.45) is 2.60. The number of anilines is 1. The van der Waals surface area contributed by atoms with E-state index < -0.39 is 0 Å². The molecular formula is C13H17N5. The molecule has 0 radical (unpaired) electrons. The SMILES string of the molecule is CC1CNCCC1c1ccc2ncnc(N)c2n1. The van der Waals surface area contributed by atoms with Crippen LogP contribution in [0.4, 0.5) is 5.82 Å². The van der Waals surface area contributed by atoms with Crippen LogP contribution in [0, 0.1) is 5.92 Å². The number of hydrogen-bond acceptors (Lipinski definition) is 5. The molecule has 2 aromatic heterocycles. The molecule has 0 amide bonds. The fourth-order valence-electron chi connectivity index (χ4n) is 2.63. The molecule has 0 aromatic carbocycles. The van der Waals surface area contributed by atoms with Crippen LogP contribution in [0.2, 0.25) is 0 Å². The van der Waals surface area contributed by atoms with Crippen LogP contribution in [-0.4, -0.2) is 28.0 Å². The summed E-state index contributed by atoms with van der Waals surface area (Å²) in [4.78, 5) is 12.9. The maximum Gasteiger partial charge on any atom is 0.153 e. The highest BCUT2D eigenvalue weighted by molar-refractivity contribution is 5.83.